The predicted octanol–water partition coefficient (Wildman–Crippen LogP) is 3.06. The molecule has 1 aromatic heterocycles. The number of anilines is 1. The Bertz CT molecular complexity index is 1120. The first-order valence-electron chi connectivity index (χ1n) is 13.0. The number of hydrogen-bond donors (Lipinski definition) is 1. The van der Waals surface area contributed by atoms with E-state index in [9.17, 15) is 9.59 Å². The van der Waals surface area contributed by atoms with Crippen LogP contribution >= 0.6 is 0 Å². The van der Waals surface area contributed by atoms with E-state index in [-0.39, 0.29) is 30.9 Å². The Morgan fingerprint density at radius 3 is 2.39 bits per heavy atom. The van der Waals surface area contributed by atoms with Gasteiger partial charge < -0.3 is 33.9 Å². The highest BCUT2D eigenvalue weighted by molar-refractivity contribution is 5.89. The molecule has 2 aromatic rings. The standard InChI is InChI=1S/C27H34N4O7/c1-27(2,3)38-26(33)31-13-10-18(11-14-31)29-25-28-12-9-21(30-25)36-19-15-34-23-20(16-35-22(19)23)37-24(32)17-7-5-4-6-8-17/h4-9,12,18-20,22-23H,10-11,13-16H2,1-3H3,(H,28,29,30)/t19-,20-,22+,23+/m0/s1. The highest BCUT2D eigenvalue weighted by atomic mass is 16.7. The summed E-state index contributed by atoms with van der Waals surface area (Å²) in [4.78, 5) is 35.3. The van der Waals surface area contributed by atoms with Gasteiger partial charge in [-0.15, -0.1) is 0 Å². The number of hydrogen-bond acceptors (Lipinski definition) is 10. The summed E-state index contributed by atoms with van der Waals surface area (Å²) in [5, 5.41) is 3.34. The Morgan fingerprint density at radius 1 is 1.00 bits per heavy atom. The molecule has 1 amide bonds. The topological polar surface area (TPSA) is 121 Å². The number of nitrogens with zero attached hydrogens (tertiary/aromatic N) is 3. The molecule has 4 atom stereocenters. The van der Waals surface area contributed by atoms with Crippen LogP contribution in [0.3, 0.4) is 0 Å². The van der Waals surface area contributed by atoms with Gasteiger partial charge in [0, 0.05) is 31.4 Å². The number of esters is 1. The average molecular weight is 527 g/mol. The van der Waals surface area contributed by atoms with Crippen molar-refractivity contribution in [2.24, 2.45) is 0 Å². The van der Waals surface area contributed by atoms with Gasteiger partial charge in [0.2, 0.25) is 11.8 Å². The summed E-state index contributed by atoms with van der Waals surface area (Å²) in [7, 11) is 0. The number of aromatic nitrogens is 2. The zero-order valence-electron chi connectivity index (χ0n) is 21.9. The maximum Gasteiger partial charge on any atom is 0.410 e. The Morgan fingerprint density at radius 2 is 1.68 bits per heavy atom. The van der Waals surface area contributed by atoms with Gasteiger partial charge in [0.25, 0.3) is 0 Å². The molecule has 3 aliphatic rings. The third-order valence-corrected chi connectivity index (χ3v) is 6.61. The van der Waals surface area contributed by atoms with Crippen LogP contribution in [0.1, 0.15) is 44.0 Å². The van der Waals surface area contributed by atoms with Crippen molar-refractivity contribution >= 4 is 18.0 Å². The number of amides is 1. The van der Waals surface area contributed by atoms with Crippen LogP contribution in [0.15, 0.2) is 42.6 Å². The monoisotopic (exact) mass is 526 g/mol. The Balaban J connectivity index is 1.11. The van der Waals surface area contributed by atoms with E-state index in [4.69, 9.17) is 23.7 Å². The fraction of sp³-hybridized carbons (Fsp3) is 0.556. The minimum absolute atomic E-state index is 0.126. The zero-order chi connectivity index (χ0) is 26.7. The van der Waals surface area contributed by atoms with Crippen LogP contribution in [0.4, 0.5) is 10.7 Å². The minimum Gasteiger partial charge on any atom is -0.469 e. The summed E-state index contributed by atoms with van der Waals surface area (Å²) < 4.78 is 29.0. The fourth-order valence-corrected chi connectivity index (χ4v) is 4.76. The SMILES string of the molecule is CC(C)(C)OC(=O)N1CCC(Nc2nccc(O[C@H]3CO[C@H]4[C@@H]3OC[C@@H]4OC(=O)c3ccccc3)n2)CC1. The van der Waals surface area contributed by atoms with Gasteiger partial charge in [-0.2, -0.15) is 4.98 Å². The first-order chi connectivity index (χ1) is 18.2. The molecule has 0 aliphatic carbocycles. The van der Waals surface area contributed by atoms with Crippen molar-refractivity contribution in [3.05, 3.63) is 48.2 Å². The number of carbonyl (C=O) groups is 2. The lowest BCUT2D eigenvalue weighted by Crippen LogP contribution is -2.44. The summed E-state index contributed by atoms with van der Waals surface area (Å²) in [6.45, 7) is 7.32. The van der Waals surface area contributed by atoms with Crippen LogP contribution in [0.2, 0.25) is 0 Å². The molecule has 3 fully saturated rings. The second kappa shape index (κ2) is 11.1. The number of carbonyl (C=O) groups excluding carboxylic acids is 2. The van der Waals surface area contributed by atoms with Gasteiger partial charge in [0.15, 0.2) is 12.2 Å². The largest absolute Gasteiger partial charge is 0.469 e. The summed E-state index contributed by atoms with van der Waals surface area (Å²) >= 11 is 0. The molecule has 0 spiro atoms. The minimum atomic E-state index is -0.512. The summed E-state index contributed by atoms with van der Waals surface area (Å²) in [5.74, 6) is 0.447. The van der Waals surface area contributed by atoms with Crippen LogP contribution < -0.4 is 10.1 Å². The van der Waals surface area contributed by atoms with Gasteiger partial charge in [0.05, 0.1) is 18.8 Å². The van der Waals surface area contributed by atoms with Gasteiger partial charge in [-0.3, -0.25) is 0 Å². The maximum absolute atomic E-state index is 12.5. The second-order valence-electron chi connectivity index (χ2n) is 10.7. The molecule has 38 heavy (non-hydrogen) atoms. The van der Waals surface area contributed by atoms with Crippen LogP contribution in [-0.4, -0.2) is 89.3 Å². The first kappa shape index (κ1) is 26.2. The van der Waals surface area contributed by atoms with Crippen molar-refractivity contribution in [3.8, 4) is 5.88 Å². The number of rotatable bonds is 6. The average Bonchev–Trinajstić information content (AvgIpc) is 3.47. The molecule has 1 aromatic carbocycles. The molecular formula is C27H34N4O7. The van der Waals surface area contributed by atoms with Crippen LogP contribution in [0.5, 0.6) is 5.88 Å². The smallest absolute Gasteiger partial charge is 0.410 e. The fourth-order valence-electron chi connectivity index (χ4n) is 4.76. The molecule has 3 saturated heterocycles. The van der Waals surface area contributed by atoms with Gasteiger partial charge in [-0.05, 0) is 45.7 Å². The van der Waals surface area contributed by atoms with Gasteiger partial charge in [-0.25, -0.2) is 14.6 Å². The van der Waals surface area contributed by atoms with E-state index in [1.807, 2.05) is 26.8 Å². The lowest BCUT2D eigenvalue weighted by Gasteiger charge is -2.33. The molecule has 4 heterocycles. The number of piperidine rings is 1. The van der Waals surface area contributed by atoms with E-state index in [0.717, 1.165) is 12.8 Å². The van der Waals surface area contributed by atoms with Gasteiger partial charge in [0.1, 0.15) is 17.8 Å². The highest BCUT2D eigenvalue weighted by Crippen LogP contribution is 2.31. The van der Waals surface area contributed by atoms with E-state index in [0.29, 0.717) is 37.1 Å². The summed E-state index contributed by atoms with van der Waals surface area (Å²) in [5.41, 5.74) is -0.0275. The molecule has 0 radical (unpaired) electrons. The zero-order valence-corrected chi connectivity index (χ0v) is 21.9. The van der Waals surface area contributed by atoms with Crippen molar-refractivity contribution in [2.45, 2.75) is 69.7 Å². The van der Waals surface area contributed by atoms with Gasteiger partial charge in [-0.1, -0.05) is 18.2 Å². The molecule has 5 rings (SSSR count). The highest BCUT2D eigenvalue weighted by Gasteiger charge is 2.51. The van der Waals surface area contributed by atoms with E-state index in [1.165, 1.54) is 0 Å². The van der Waals surface area contributed by atoms with Crippen LogP contribution in [0.25, 0.3) is 0 Å². The predicted molar refractivity (Wildman–Crippen MR) is 136 cm³/mol. The van der Waals surface area contributed by atoms with Crippen molar-refractivity contribution < 1.29 is 33.3 Å². The van der Waals surface area contributed by atoms with Crippen molar-refractivity contribution in [3.63, 3.8) is 0 Å². The number of fused-ring (bicyclic) bond motifs is 1. The number of benzene rings is 1. The lowest BCUT2D eigenvalue weighted by molar-refractivity contribution is -0.0192. The Kier molecular flexibility index (Phi) is 7.66. The second-order valence-corrected chi connectivity index (χ2v) is 10.7. The molecule has 0 unspecified atom stereocenters. The van der Waals surface area contributed by atoms with Crippen molar-refractivity contribution in [2.75, 3.05) is 31.6 Å². The maximum atomic E-state index is 12.5. The van der Waals surface area contributed by atoms with Gasteiger partial charge >= 0.3 is 12.1 Å². The molecule has 0 saturated carbocycles. The molecule has 1 N–H and O–H groups in total. The summed E-state index contributed by atoms with van der Waals surface area (Å²) in [6, 6.07) is 10.7. The molecular weight excluding hydrogens is 492 g/mol. The molecule has 11 nitrogen and oxygen atoms in total. The van der Waals surface area contributed by atoms with Crippen LogP contribution in [-0.2, 0) is 18.9 Å². The number of likely N-dealkylation sites (tertiary alicyclic amines) is 1. The van der Waals surface area contributed by atoms with E-state index >= 15 is 0 Å². The van der Waals surface area contributed by atoms with Crippen molar-refractivity contribution in [1.29, 1.82) is 0 Å². The normalized spacial score (nSPS) is 25.5. The van der Waals surface area contributed by atoms with Crippen molar-refractivity contribution in [1.82, 2.24) is 14.9 Å². The van der Waals surface area contributed by atoms with E-state index < -0.39 is 23.8 Å². The number of nitrogens with one attached hydrogen (secondary N) is 1. The Labute approximate surface area is 221 Å². The lowest BCUT2D eigenvalue weighted by atomic mass is 10.1. The third kappa shape index (κ3) is 6.33. The van der Waals surface area contributed by atoms with Crippen LogP contribution in [0, 0.1) is 0 Å². The number of ether oxygens (including phenoxy) is 5. The van der Waals surface area contributed by atoms with E-state index in [1.54, 1.807) is 41.4 Å². The summed E-state index contributed by atoms with van der Waals surface area (Å²) in [6.07, 6.45) is 1.19. The molecule has 204 valence electrons. The third-order valence-electron chi connectivity index (χ3n) is 6.61. The molecule has 3 aliphatic heterocycles. The quantitative estimate of drug-likeness (QED) is 0.562. The Hall–Kier alpha value is -3.44. The van der Waals surface area contributed by atoms with E-state index in [2.05, 4.69) is 15.3 Å². The molecule has 0 bridgehead atoms. The first-order valence-corrected chi connectivity index (χ1v) is 13.0. The molecule has 11 heteroatoms.